The Kier molecular flexibility index (Phi) is 5.85. The van der Waals surface area contributed by atoms with E-state index in [9.17, 15) is 4.79 Å². The Hall–Kier alpha value is -0.370. The van der Waals surface area contributed by atoms with Crippen LogP contribution in [0.4, 0.5) is 0 Å². The normalized spacial score (nSPS) is 22.8. The number of nitrogens with zero attached hydrogens (tertiary/aromatic N) is 1. The zero-order valence-corrected chi connectivity index (χ0v) is 9.37. The average Bonchev–Trinajstić information content (AvgIpc) is 2.65. The first-order valence-corrected chi connectivity index (χ1v) is 6.08. The van der Waals surface area contributed by atoms with Crippen molar-refractivity contribution in [2.24, 2.45) is 0 Å². The summed E-state index contributed by atoms with van der Waals surface area (Å²) in [4.78, 5) is 13.1. The molecule has 0 aromatic rings. The minimum atomic E-state index is 0.237. The molecule has 82 valence electrons. The minimum absolute atomic E-state index is 0.237. The Labute approximate surface area is 87.7 Å². The molecule has 0 radical (unpaired) electrons. The van der Waals surface area contributed by atoms with Gasteiger partial charge in [-0.15, -0.1) is 0 Å². The van der Waals surface area contributed by atoms with Gasteiger partial charge in [-0.05, 0) is 32.4 Å². The Morgan fingerprint density at radius 2 is 2.07 bits per heavy atom. The quantitative estimate of drug-likeness (QED) is 0.462. The van der Waals surface area contributed by atoms with Gasteiger partial charge in [-0.25, -0.2) is 0 Å². The van der Waals surface area contributed by atoms with Crippen molar-refractivity contribution in [3.05, 3.63) is 0 Å². The highest BCUT2D eigenvalue weighted by molar-refractivity contribution is 5.58. The molecule has 0 bridgehead atoms. The van der Waals surface area contributed by atoms with Crippen molar-refractivity contribution in [2.75, 3.05) is 13.1 Å². The molecule has 0 spiro atoms. The van der Waals surface area contributed by atoms with Crippen LogP contribution in [0.5, 0.6) is 0 Å². The van der Waals surface area contributed by atoms with Gasteiger partial charge < -0.3 is 4.79 Å². The van der Waals surface area contributed by atoms with Crippen LogP contribution in [-0.4, -0.2) is 30.3 Å². The van der Waals surface area contributed by atoms with Crippen molar-refractivity contribution in [1.82, 2.24) is 4.90 Å². The highest BCUT2D eigenvalue weighted by atomic mass is 16.1. The van der Waals surface area contributed by atoms with Gasteiger partial charge in [-0.2, -0.15) is 0 Å². The van der Waals surface area contributed by atoms with Crippen LogP contribution < -0.4 is 0 Å². The van der Waals surface area contributed by atoms with Crippen LogP contribution in [0.2, 0.25) is 0 Å². The van der Waals surface area contributed by atoms with Crippen LogP contribution in [0.3, 0.4) is 0 Å². The molecule has 2 nitrogen and oxygen atoms in total. The summed E-state index contributed by atoms with van der Waals surface area (Å²) in [6.45, 7) is 4.51. The van der Waals surface area contributed by atoms with Gasteiger partial charge in [0.1, 0.15) is 6.29 Å². The summed E-state index contributed by atoms with van der Waals surface area (Å²) in [5, 5.41) is 0. The molecule has 0 N–H and O–H groups in total. The van der Waals surface area contributed by atoms with Gasteiger partial charge in [0, 0.05) is 0 Å². The monoisotopic (exact) mass is 197 g/mol. The smallest absolute Gasteiger partial charge is 0.137 e. The molecule has 1 aliphatic rings. The lowest BCUT2D eigenvalue weighted by Crippen LogP contribution is -2.31. The number of carbonyl (C=O) groups excluding carboxylic acids is 1. The number of hydrogen-bond acceptors (Lipinski definition) is 2. The van der Waals surface area contributed by atoms with Crippen LogP contribution >= 0.6 is 0 Å². The molecule has 1 atom stereocenters. The van der Waals surface area contributed by atoms with E-state index in [0.29, 0.717) is 0 Å². The molecule has 0 aromatic heterocycles. The second-order valence-corrected chi connectivity index (χ2v) is 4.30. The number of aldehydes is 1. The van der Waals surface area contributed by atoms with Crippen molar-refractivity contribution in [3.63, 3.8) is 0 Å². The third kappa shape index (κ3) is 3.79. The largest absolute Gasteiger partial charge is 0.302 e. The van der Waals surface area contributed by atoms with E-state index in [1.165, 1.54) is 38.5 Å². The first kappa shape index (κ1) is 11.7. The van der Waals surface area contributed by atoms with E-state index in [4.69, 9.17) is 0 Å². The molecule has 1 heterocycles. The number of likely N-dealkylation sites (tertiary alicyclic amines) is 1. The molecule has 1 fully saturated rings. The zero-order valence-electron chi connectivity index (χ0n) is 9.37. The highest BCUT2D eigenvalue weighted by Gasteiger charge is 2.22. The molecule has 1 aliphatic heterocycles. The van der Waals surface area contributed by atoms with Crippen LogP contribution in [0.1, 0.15) is 51.9 Å². The van der Waals surface area contributed by atoms with E-state index in [1.54, 1.807) is 0 Å². The van der Waals surface area contributed by atoms with Gasteiger partial charge >= 0.3 is 0 Å². The number of unbranched alkanes of at least 4 members (excludes halogenated alkanes) is 4. The molecule has 0 unspecified atom stereocenters. The van der Waals surface area contributed by atoms with Crippen molar-refractivity contribution in [2.45, 2.75) is 57.9 Å². The topological polar surface area (TPSA) is 20.3 Å². The van der Waals surface area contributed by atoms with Crippen molar-refractivity contribution in [3.8, 4) is 0 Å². The zero-order chi connectivity index (χ0) is 10.2. The van der Waals surface area contributed by atoms with E-state index in [0.717, 1.165) is 25.8 Å². The molecule has 14 heavy (non-hydrogen) atoms. The summed E-state index contributed by atoms with van der Waals surface area (Å²) in [6.07, 6.45) is 10.0. The standard InChI is InChI=1S/C12H23NO/c1-2-3-4-5-6-9-13-10-7-8-12(13)11-14/h11-12H,2-10H2,1H3/t12-/m0/s1. The SMILES string of the molecule is CCCCCCCN1CCC[C@H]1C=O. The van der Waals surface area contributed by atoms with Crippen molar-refractivity contribution in [1.29, 1.82) is 0 Å². The average molecular weight is 197 g/mol. The Morgan fingerprint density at radius 3 is 2.79 bits per heavy atom. The van der Waals surface area contributed by atoms with E-state index in [-0.39, 0.29) is 6.04 Å². The Bertz CT molecular complexity index is 158. The van der Waals surface area contributed by atoms with Gasteiger partial charge in [-0.1, -0.05) is 32.6 Å². The lowest BCUT2D eigenvalue weighted by molar-refractivity contribution is -0.111. The van der Waals surface area contributed by atoms with Gasteiger partial charge in [-0.3, -0.25) is 4.90 Å². The Balaban J connectivity index is 2.02. The summed E-state index contributed by atoms with van der Waals surface area (Å²) in [7, 11) is 0. The number of hydrogen-bond donors (Lipinski definition) is 0. The lowest BCUT2D eigenvalue weighted by atomic mass is 10.1. The summed E-state index contributed by atoms with van der Waals surface area (Å²) >= 11 is 0. The molecule has 0 saturated carbocycles. The molecular weight excluding hydrogens is 174 g/mol. The van der Waals surface area contributed by atoms with E-state index in [1.807, 2.05) is 0 Å². The van der Waals surface area contributed by atoms with Crippen molar-refractivity contribution < 1.29 is 4.79 Å². The summed E-state index contributed by atoms with van der Waals surface area (Å²) in [5.41, 5.74) is 0. The molecule has 2 heteroatoms. The maximum absolute atomic E-state index is 10.7. The summed E-state index contributed by atoms with van der Waals surface area (Å²) in [5.74, 6) is 0. The first-order valence-electron chi connectivity index (χ1n) is 6.08. The van der Waals surface area contributed by atoms with E-state index in [2.05, 4.69) is 11.8 Å². The maximum Gasteiger partial charge on any atom is 0.137 e. The molecule has 0 aromatic carbocycles. The molecule has 0 amide bonds. The fraction of sp³-hybridized carbons (Fsp3) is 0.917. The molecule has 1 saturated heterocycles. The minimum Gasteiger partial charge on any atom is -0.302 e. The molecule has 0 aliphatic carbocycles. The summed E-state index contributed by atoms with van der Waals surface area (Å²) in [6, 6.07) is 0.237. The van der Waals surface area contributed by atoms with Gasteiger partial charge in [0.25, 0.3) is 0 Å². The summed E-state index contributed by atoms with van der Waals surface area (Å²) < 4.78 is 0. The van der Waals surface area contributed by atoms with Gasteiger partial charge in [0.2, 0.25) is 0 Å². The van der Waals surface area contributed by atoms with Crippen LogP contribution in [0.15, 0.2) is 0 Å². The van der Waals surface area contributed by atoms with Gasteiger partial charge in [0.05, 0.1) is 6.04 Å². The third-order valence-electron chi connectivity index (χ3n) is 3.12. The van der Waals surface area contributed by atoms with Crippen molar-refractivity contribution >= 4 is 6.29 Å². The predicted octanol–water partition coefficient (Wildman–Crippen LogP) is 2.62. The number of rotatable bonds is 7. The predicted molar refractivity (Wildman–Crippen MR) is 59.4 cm³/mol. The lowest BCUT2D eigenvalue weighted by Gasteiger charge is -2.19. The fourth-order valence-corrected chi connectivity index (χ4v) is 2.20. The fourth-order valence-electron chi connectivity index (χ4n) is 2.20. The van der Waals surface area contributed by atoms with Gasteiger partial charge in [0.15, 0.2) is 0 Å². The first-order chi connectivity index (χ1) is 6.88. The second-order valence-electron chi connectivity index (χ2n) is 4.30. The molecular formula is C12H23NO. The Morgan fingerprint density at radius 1 is 1.29 bits per heavy atom. The van der Waals surface area contributed by atoms with Crippen LogP contribution in [0, 0.1) is 0 Å². The highest BCUT2D eigenvalue weighted by Crippen LogP contribution is 2.16. The van der Waals surface area contributed by atoms with Crippen LogP contribution in [0.25, 0.3) is 0 Å². The van der Waals surface area contributed by atoms with E-state index < -0.39 is 0 Å². The number of carbonyl (C=O) groups is 1. The van der Waals surface area contributed by atoms with E-state index >= 15 is 0 Å². The second kappa shape index (κ2) is 6.99. The third-order valence-corrected chi connectivity index (χ3v) is 3.12. The van der Waals surface area contributed by atoms with Crippen LogP contribution in [-0.2, 0) is 4.79 Å². The maximum atomic E-state index is 10.7. The molecule has 1 rings (SSSR count).